The average Bonchev–Trinajstić information content (AvgIpc) is 3.02. The molecule has 1 aromatic carbocycles. The number of benzene rings is 1. The number of alkyl halides is 6. The van der Waals surface area contributed by atoms with E-state index < -0.39 is 51.8 Å². The van der Waals surface area contributed by atoms with Crippen LogP contribution in [0.25, 0.3) is 17.1 Å². The fourth-order valence-corrected chi connectivity index (χ4v) is 2.63. The van der Waals surface area contributed by atoms with Crippen LogP contribution in [0.1, 0.15) is 25.0 Å². The molecule has 0 aliphatic rings. The van der Waals surface area contributed by atoms with Crippen molar-refractivity contribution in [3.05, 3.63) is 40.7 Å². The summed E-state index contributed by atoms with van der Waals surface area (Å²) in [5.74, 6) is -2.41. The van der Waals surface area contributed by atoms with Crippen LogP contribution in [0.2, 0.25) is 0 Å². The molecule has 0 saturated heterocycles. The van der Waals surface area contributed by atoms with Crippen LogP contribution in [0.3, 0.4) is 0 Å². The number of halogens is 7. The Kier molecular flexibility index (Phi) is 5.79. The second kappa shape index (κ2) is 7.46. The molecule has 0 aliphatic carbocycles. The van der Waals surface area contributed by atoms with Gasteiger partial charge in [0.25, 0.3) is 0 Å². The Morgan fingerprint density at radius 2 is 1.57 bits per heavy atom. The fraction of sp³-hybridized carbons (Fsp3) is 0.312. The summed E-state index contributed by atoms with van der Waals surface area (Å²) in [5, 5.41) is 12.2. The van der Waals surface area contributed by atoms with E-state index in [1.165, 1.54) is 0 Å². The molecular formula is C16H12ClF6N3O2. The highest BCUT2D eigenvalue weighted by atomic mass is 35.5. The molecule has 152 valence electrons. The summed E-state index contributed by atoms with van der Waals surface area (Å²) >= 11 is 5.73. The van der Waals surface area contributed by atoms with E-state index in [1.807, 2.05) is 0 Å². The molecule has 0 atom stereocenters. The maximum absolute atomic E-state index is 13.0. The average molecular weight is 428 g/mol. The summed E-state index contributed by atoms with van der Waals surface area (Å²) in [4.78, 5) is 14.8. The normalized spacial score (nSPS) is 13.6. The summed E-state index contributed by atoms with van der Waals surface area (Å²) < 4.78 is 78.8. The van der Waals surface area contributed by atoms with E-state index >= 15 is 0 Å². The number of rotatable bonds is 4. The highest BCUT2D eigenvalue weighted by Crippen LogP contribution is 2.38. The first-order valence-electron chi connectivity index (χ1n) is 7.56. The lowest BCUT2D eigenvalue weighted by molar-refractivity contribution is -0.143. The standard InChI is InChI=1S/C16H12ClF6N3O2/c1-7(2)12(11(17)14(27)28)26-6-24-13(25-26)8-3-9(15(18,19)20)5-10(4-8)16(21,22)23/h3-7H,1-2H3,(H,27,28). The first-order chi connectivity index (χ1) is 12.7. The van der Waals surface area contributed by atoms with Gasteiger partial charge in [-0.2, -0.15) is 26.3 Å². The number of aromatic nitrogens is 3. The molecule has 0 unspecified atom stereocenters. The van der Waals surface area contributed by atoms with Gasteiger partial charge in [-0.1, -0.05) is 25.4 Å². The van der Waals surface area contributed by atoms with Gasteiger partial charge in [0, 0.05) is 5.56 Å². The van der Waals surface area contributed by atoms with Gasteiger partial charge in [0.05, 0.1) is 16.8 Å². The van der Waals surface area contributed by atoms with Gasteiger partial charge in [0.15, 0.2) is 5.82 Å². The molecule has 1 heterocycles. The Bertz CT molecular complexity index is 899. The number of hydrogen-bond donors (Lipinski definition) is 1. The van der Waals surface area contributed by atoms with E-state index in [-0.39, 0.29) is 11.8 Å². The number of allylic oxidation sites excluding steroid dienone is 1. The van der Waals surface area contributed by atoms with Crippen molar-refractivity contribution in [3.8, 4) is 11.4 Å². The van der Waals surface area contributed by atoms with Crippen LogP contribution in [0.4, 0.5) is 26.3 Å². The molecule has 0 spiro atoms. The number of carbonyl (C=O) groups is 1. The molecule has 2 rings (SSSR count). The third kappa shape index (κ3) is 4.64. The van der Waals surface area contributed by atoms with Crippen LogP contribution in [0.15, 0.2) is 29.6 Å². The van der Waals surface area contributed by atoms with Crippen LogP contribution in [0.5, 0.6) is 0 Å². The van der Waals surface area contributed by atoms with Crippen molar-refractivity contribution in [2.24, 2.45) is 5.92 Å². The number of hydrogen-bond acceptors (Lipinski definition) is 3. The third-order valence-corrected chi connectivity index (χ3v) is 3.90. The molecule has 1 N–H and O–H groups in total. The van der Waals surface area contributed by atoms with Crippen LogP contribution >= 0.6 is 11.6 Å². The monoisotopic (exact) mass is 427 g/mol. The largest absolute Gasteiger partial charge is 0.477 e. The van der Waals surface area contributed by atoms with Crippen LogP contribution in [-0.2, 0) is 17.1 Å². The molecule has 1 aromatic heterocycles. The summed E-state index contributed by atoms with van der Waals surface area (Å²) in [7, 11) is 0. The Morgan fingerprint density at radius 3 is 1.96 bits per heavy atom. The van der Waals surface area contributed by atoms with Gasteiger partial charge in [-0.25, -0.2) is 14.5 Å². The molecule has 5 nitrogen and oxygen atoms in total. The number of aliphatic carboxylic acids is 1. The molecule has 12 heteroatoms. The Morgan fingerprint density at radius 1 is 1.07 bits per heavy atom. The van der Waals surface area contributed by atoms with E-state index in [1.54, 1.807) is 13.8 Å². The van der Waals surface area contributed by atoms with Crippen LogP contribution in [0, 0.1) is 5.92 Å². The zero-order valence-corrected chi connectivity index (χ0v) is 15.0. The lowest BCUT2D eigenvalue weighted by atomic mass is 10.0. The van der Waals surface area contributed by atoms with E-state index in [0.717, 1.165) is 11.0 Å². The number of carboxylic acid groups (broad SMARTS) is 1. The minimum atomic E-state index is -5.02. The molecule has 0 bridgehead atoms. The molecule has 0 saturated carbocycles. The van der Waals surface area contributed by atoms with E-state index in [4.69, 9.17) is 16.7 Å². The first-order valence-corrected chi connectivity index (χ1v) is 7.94. The highest BCUT2D eigenvalue weighted by molar-refractivity contribution is 6.43. The molecule has 0 amide bonds. The fourth-order valence-electron chi connectivity index (χ4n) is 2.32. The molecule has 2 aromatic rings. The Hall–Kier alpha value is -2.56. The molecule has 0 fully saturated rings. The van der Waals surface area contributed by atoms with Gasteiger partial charge in [-0.3, -0.25) is 0 Å². The number of nitrogens with zero attached hydrogens (tertiary/aromatic N) is 3. The van der Waals surface area contributed by atoms with E-state index in [0.29, 0.717) is 12.1 Å². The van der Waals surface area contributed by atoms with Crippen molar-refractivity contribution < 1.29 is 36.2 Å². The van der Waals surface area contributed by atoms with E-state index in [9.17, 15) is 31.1 Å². The third-order valence-electron chi connectivity index (χ3n) is 3.54. The zero-order chi connectivity index (χ0) is 21.4. The van der Waals surface area contributed by atoms with Crippen molar-refractivity contribution in [2.45, 2.75) is 26.2 Å². The Balaban J connectivity index is 2.64. The van der Waals surface area contributed by atoms with Crippen molar-refractivity contribution >= 4 is 23.3 Å². The second-order valence-corrected chi connectivity index (χ2v) is 6.34. The SMILES string of the molecule is CC(C)C(=C(Cl)C(=O)O)n1cnc(-c2cc(C(F)(F)F)cc(C(F)(F)F)c2)n1. The maximum atomic E-state index is 13.0. The van der Waals surface area contributed by atoms with Crippen molar-refractivity contribution in [3.63, 3.8) is 0 Å². The molecular weight excluding hydrogens is 416 g/mol. The van der Waals surface area contributed by atoms with Crippen LogP contribution < -0.4 is 0 Å². The van der Waals surface area contributed by atoms with Gasteiger partial charge in [-0.05, 0) is 24.1 Å². The predicted octanol–water partition coefficient (Wildman–Crippen LogP) is 5.13. The molecule has 0 radical (unpaired) electrons. The number of carboxylic acids is 1. The highest BCUT2D eigenvalue weighted by Gasteiger charge is 2.37. The predicted molar refractivity (Wildman–Crippen MR) is 87.0 cm³/mol. The zero-order valence-electron chi connectivity index (χ0n) is 14.2. The first kappa shape index (κ1) is 21.7. The molecule has 0 aliphatic heterocycles. The van der Waals surface area contributed by atoms with Crippen molar-refractivity contribution in [1.29, 1.82) is 0 Å². The quantitative estimate of drug-likeness (QED) is 0.542. The van der Waals surface area contributed by atoms with Gasteiger partial charge >= 0.3 is 18.3 Å². The summed E-state index contributed by atoms with van der Waals surface area (Å²) in [6, 6.07) is 0.945. The van der Waals surface area contributed by atoms with Gasteiger partial charge < -0.3 is 5.11 Å². The van der Waals surface area contributed by atoms with Crippen molar-refractivity contribution in [1.82, 2.24) is 14.8 Å². The lowest BCUT2D eigenvalue weighted by Gasteiger charge is -2.13. The Labute approximate surface area is 159 Å². The second-order valence-electron chi connectivity index (χ2n) is 5.97. The maximum Gasteiger partial charge on any atom is 0.416 e. The minimum absolute atomic E-state index is 0.0127. The summed E-state index contributed by atoms with van der Waals surface area (Å²) in [5.41, 5.74) is -3.60. The smallest absolute Gasteiger partial charge is 0.416 e. The van der Waals surface area contributed by atoms with E-state index in [2.05, 4.69) is 10.1 Å². The molecule has 28 heavy (non-hydrogen) atoms. The van der Waals surface area contributed by atoms with Gasteiger partial charge in [-0.15, -0.1) is 5.10 Å². The topological polar surface area (TPSA) is 68.0 Å². The van der Waals surface area contributed by atoms with Gasteiger partial charge in [0.2, 0.25) is 0 Å². The van der Waals surface area contributed by atoms with Gasteiger partial charge in [0.1, 0.15) is 11.4 Å². The lowest BCUT2D eigenvalue weighted by Crippen LogP contribution is -2.12. The minimum Gasteiger partial charge on any atom is -0.477 e. The summed E-state index contributed by atoms with van der Waals surface area (Å²) in [6.45, 7) is 3.15. The van der Waals surface area contributed by atoms with Crippen LogP contribution in [-0.4, -0.2) is 25.8 Å². The summed E-state index contributed by atoms with van der Waals surface area (Å²) in [6.07, 6.45) is -9.08. The van der Waals surface area contributed by atoms with Crippen molar-refractivity contribution in [2.75, 3.05) is 0 Å².